The zero-order chi connectivity index (χ0) is 17.6. The van der Waals surface area contributed by atoms with Crippen LogP contribution in [0.3, 0.4) is 0 Å². The van der Waals surface area contributed by atoms with Crippen molar-refractivity contribution < 1.29 is 15.0 Å². The molecule has 0 heterocycles. The average molecular weight is 334 g/mol. The first kappa shape index (κ1) is 16.4. The first-order valence-corrected chi connectivity index (χ1v) is 7.83. The largest absolute Gasteiger partial charge is 0.506 e. The van der Waals surface area contributed by atoms with Gasteiger partial charge in [-0.25, -0.2) is 0 Å². The molecule has 0 saturated carbocycles. The summed E-state index contributed by atoms with van der Waals surface area (Å²) >= 11 is 0. The van der Waals surface area contributed by atoms with E-state index in [-0.39, 0.29) is 17.4 Å². The van der Waals surface area contributed by atoms with Crippen molar-refractivity contribution in [3.8, 4) is 11.5 Å². The first-order chi connectivity index (χ1) is 12.1. The lowest BCUT2D eigenvalue weighted by Crippen LogP contribution is -2.12. The number of phenolic OH excluding ortho intramolecular Hbond substituents is 2. The molecule has 5 nitrogen and oxygen atoms in total. The summed E-state index contributed by atoms with van der Waals surface area (Å²) < 4.78 is 0. The fourth-order valence-electron chi connectivity index (χ4n) is 2.42. The van der Waals surface area contributed by atoms with Crippen molar-refractivity contribution in [1.82, 2.24) is 0 Å². The lowest BCUT2D eigenvalue weighted by Gasteiger charge is -2.10. The molecule has 0 aliphatic rings. The van der Waals surface area contributed by atoms with Crippen LogP contribution in [0, 0.1) is 0 Å². The summed E-state index contributed by atoms with van der Waals surface area (Å²) in [5.41, 5.74) is 2.38. The highest BCUT2D eigenvalue weighted by Gasteiger charge is 2.09. The molecule has 0 aliphatic carbocycles. The predicted octanol–water partition coefficient (Wildman–Crippen LogP) is 3.96. The molecule has 25 heavy (non-hydrogen) atoms. The van der Waals surface area contributed by atoms with E-state index in [1.165, 1.54) is 6.07 Å². The molecule has 3 rings (SSSR count). The van der Waals surface area contributed by atoms with E-state index in [4.69, 9.17) is 0 Å². The topological polar surface area (TPSA) is 81.6 Å². The van der Waals surface area contributed by atoms with E-state index in [1.54, 1.807) is 54.6 Å². The third kappa shape index (κ3) is 4.09. The fourth-order valence-corrected chi connectivity index (χ4v) is 2.42. The number of aromatic hydroxyl groups is 2. The van der Waals surface area contributed by atoms with Gasteiger partial charge in [0.15, 0.2) is 0 Å². The second-order valence-electron chi connectivity index (χ2n) is 5.54. The van der Waals surface area contributed by atoms with Crippen LogP contribution in [-0.2, 0) is 6.54 Å². The van der Waals surface area contributed by atoms with Crippen molar-refractivity contribution in [2.75, 3.05) is 10.6 Å². The lowest BCUT2D eigenvalue weighted by atomic mass is 10.1. The smallest absolute Gasteiger partial charge is 0.255 e. The molecule has 5 heteroatoms. The van der Waals surface area contributed by atoms with Crippen molar-refractivity contribution in [3.05, 3.63) is 83.9 Å². The molecule has 0 aromatic heterocycles. The van der Waals surface area contributed by atoms with Crippen molar-refractivity contribution in [2.45, 2.75) is 6.54 Å². The molecule has 3 aromatic carbocycles. The molecule has 126 valence electrons. The Morgan fingerprint density at radius 1 is 0.800 bits per heavy atom. The van der Waals surface area contributed by atoms with E-state index in [1.807, 2.05) is 12.1 Å². The Morgan fingerprint density at radius 2 is 1.44 bits per heavy atom. The van der Waals surface area contributed by atoms with Crippen LogP contribution in [0.2, 0.25) is 0 Å². The number of benzene rings is 3. The molecule has 0 unspecified atom stereocenters. The highest BCUT2D eigenvalue weighted by atomic mass is 16.3. The first-order valence-electron chi connectivity index (χ1n) is 7.83. The van der Waals surface area contributed by atoms with Crippen LogP contribution in [0.25, 0.3) is 0 Å². The summed E-state index contributed by atoms with van der Waals surface area (Å²) in [5, 5.41) is 25.3. The van der Waals surface area contributed by atoms with Crippen molar-refractivity contribution in [2.24, 2.45) is 0 Å². The lowest BCUT2D eigenvalue weighted by molar-refractivity contribution is 0.102. The van der Waals surface area contributed by atoms with E-state index >= 15 is 0 Å². The van der Waals surface area contributed by atoms with Crippen LogP contribution >= 0.6 is 0 Å². The fraction of sp³-hybridized carbons (Fsp3) is 0.0500. The number of hydrogen-bond donors (Lipinski definition) is 4. The highest BCUT2D eigenvalue weighted by molar-refractivity contribution is 6.05. The van der Waals surface area contributed by atoms with E-state index in [9.17, 15) is 15.0 Å². The van der Waals surface area contributed by atoms with E-state index in [0.29, 0.717) is 23.5 Å². The van der Waals surface area contributed by atoms with E-state index < -0.39 is 0 Å². The molecule has 0 fully saturated rings. The van der Waals surface area contributed by atoms with E-state index in [0.717, 1.165) is 5.56 Å². The zero-order valence-electron chi connectivity index (χ0n) is 13.4. The summed E-state index contributed by atoms with van der Waals surface area (Å²) in [6.45, 7) is 0.468. The predicted molar refractivity (Wildman–Crippen MR) is 97.9 cm³/mol. The number of carbonyl (C=O) groups is 1. The molecule has 3 aromatic rings. The molecule has 1 amide bonds. The number of anilines is 2. The van der Waals surface area contributed by atoms with Gasteiger partial charge in [-0.3, -0.25) is 4.79 Å². The summed E-state index contributed by atoms with van der Waals surface area (Å²) in [4.78, 5) is 12.4. The molecule has 0 aliphatic heterocycles. The third-order valence-electron chi connectivity index (χ3n) is 3.73. The highest BCUT2D eigenvalue weighted by Crippen LogP contribution is 2.23. The number of amides is 1. The SMILES string of the molecule is O=C(Nc1ccccc1O)c1cccc(CNc2ccccc2O)c1. The van der Waals surface area contributed by atoms with Crippen LogP contribution in [0.4, 0.5) is 11.4 Å². The average Bonchev–Trinajstić information content (AvgIpc) is 2.63. The van der Waals surface area contributed by atoms with Gasteiger partial charge in [0.05, 0.1) is 11.4 Å². The van der Waals surface area contributed by atoms with Crippen molar-refractivity contribution >= 4 is 17.3 Å². The Morgan fingerprint density at radius 3 is 2.12 bits per heavy atom. The minimum atomic E-state index is -0.300. The molecule has 0 bridgehead atoms. The third-order valence-corrected chi connectivity index (χ3v) is 3.73. The van der Waals surface area contributed by atoms with Crippen LogP contribution < -0.4 is 10.6 Å². The van der Waals surface area contributed by atoms with Crippen molar-refractivity contribution in [1.29, 1.82) is 0 Å². The maximum Gasteiger partial charge on any atom is 0.255 e. The Bertz CT molecular complexity index is 893. The summed E-state index contributed by atoms with van der Waals surface area (Å²) in [7, 11) is 0. The second-order valence-corrected chi connectivity index (χ2v) is 5.54. The molecular weight excluding hydrogens is 316 g/mol. The van der Waals surface area contributed by atoms with E-state index in [2.05, 4.69) is 10.6 Å². The summed E-state index contributed by atoms with van der Waals surface area (Å²) in [6, 6.07) is 20.7. The van der Waals surface area contributed by atoms with Crippen LogP contribution in [0.5, 0.6) is 11.5 Å². The number of para-hydroxylation sites is 4. The quantitative estimate of drug-likeness (QED) is 0.532. The van der Waals surface area contributed by atoms with Gasteiger partial charge >= 0.3 is 0 Å². The zero-order valence-corrected chi connectivity index (χ0v) is 13.4. The Hall–Kier alpha value is -3.47. The van der Waals surface area contributed by atoms with Gasteiger partial charge in [0.2, 0.25) is 0 Å². The Labute approximate surface area is 145 Å². The normalized spacial score (nSPS) is 10.2. The van der Waals surface area contributed by atoms with Gasteiger partial charge in [0.1, 0.15) is 11.5 Å². The van der Waals surface area contributed by atoms with Gasteiger partial charge in [-0.1, -0.05) is 36.4 Å². The van der Waals surface area contributed by atoms with Crippen molar-refractivity contribution in [3.63, 3.8) is 0 Å². The van der Waals surface area contributed by atoms with Gasteiger partial charge < -0.3 is 20.8 Å². The minimum absolute atomic E-state index is 0.0215. The van der Waals surface area contributed by atoms with Crippen LogP contribution in [0.15, 0.2) is 72.8 Å². The molecule has 4 N–H and O–H groups in total. The summed E-state index contributed by atoms with van der Waals surface area (Å²) in [5.74, 6) is -0.102. The maximum absolute atomic E-state index is 12.4. The number of rotatable bonds is 5. The Kier molecular flexibility index (Phi) is 4.85. The molecule has 0 spiro atoms. The monoisotopic (exact) mass is 334 g/mol. The number of nitrogens with one attached hydrogen (secondary N) is 2. The van der Waals surface area contributed by atoms with Gasteiger partial charge in [0.25, 0.3) is 5.91 Å². The van der Waals surface area contributed by atoms with Crippen LogP contribution in [0.1, 0.15) is 15.9 Å². The molecular formula is C20H18N2O3. The molecule has 0 radical (unpaired) electrons. The van der Waals surface area contributed by atoms with Gasteiger partial charge in [-0.15, -0.1) is 0 Å². The molecule has 0 saturated heterocycles. The number of phenols is 2. The second kappa shape index (κ2) is 7.40. The van der Waals surface area contributed by atoms with Crippen LogP contribution in [-0.4, -0.2) is 16.1 Å². The Balaban J connectivity index is 1.70. The van der Waals surface area contributed by atoms with Gasteiger partial charge in [-0.2, -0.15) is 0 Å². The van der Waals surface area contributed by atoms with Gasteiger partial charge in [0, 0.05) is 12.1 Å². The van der Waals surface area contributed by atoms with Gasteiger partial charge in [-0.05, 0) is 42.0 Å². The maximum atomic E-state index is 12.4. The standard InChI is InChI=1S/C20H18N2O3/c23-18-10-3-1-8-16(18)21-13-14-6-5-7-15(12-14)20(25)22-17-9-2-4-11-19(17)24/h1-12,21,23-24H,13H2,(H,22,25). The summed E-state index contributed by atoms with van der Waals surface area (Å²) in [6.07, 6.45) is 0. The molecule has 0 atom stereocenters. The minimum Gasteiger partial charge on any atom is -0.506 e. The number of carbonyl (C=O) groups excluding carboxylic acids is 1. The number of hydrogen-bond acceptors (Lipinski definition) is 4.